The zero-order valence-electron chi connectivity index (χ0n) is 9.35. The van der Waals surface area contributed by atoms with Crippen molar-refractivity contribution in [1.82, 2.24) is 13.9 Å². The molecule has 0 amide bonds. The molecule has 0 aliphatic carbocycles. The lowest BCUT2D eigenvalue weighted by Crippen LogP contribution is -2.40. The van der Waals surface area contributed by atoms with Crippen LogP contribution in [-0.4, -0.2) is 46.9 Å². The van der Waals surface area contributed by atoms with Crippen molar-refractivity contribution in [2.75, 3.05) is 18.4 Å². The molecule has 18 heavy (non-hydrogen) atoms. The summed E-state index contributed by atoms with van der Waals surface area (Å²) in [5.74, 6) is 0. The van der Waals surface area contributed by atoms with Gasteiger partial charge in [0.1, 0.15) is 6.54 Å². The van der Waals surface area contributed by atoms with Gasteiger partial charge >= 0.3 is 6.18 Å². The average molecular weight is 350 g/mol. The maximum Gasteiger partial charge on any atom is 0.402 e. The van der Waals surface area contributed by atoms with Crippen LogP contribution in [-0.2, 0) is 17.1 Å². The zero-order valence-corrected chi connectivity index (χ0v) is 11.8. The van der Waals surface area contributed by atoms with Gasteiger partial charge in [0, 0.05) is 25.1 Å². The van der Waals surface area contributed by atoms with E-state index in [0.717, 1.165) is 6.20 Å². The molecule has 104 valence electrons. The van der Waals surface area contributed by atoms with Gasteiger partial charge in [-0.3, -0.25) is 0 Å². The molecule has 5 nitrogen and oxygen atoms in total. The van der Waals surface area contributed by atoms with E-state index in [9.17, 15) is 21.6 Å². The number of nitrogens with zero attached hydrogens (tertiary/aromatic N) is 3. The van der Waals surface area contributed by atoms with Crippen LogP contribution in [0.3, 0.4) is 0 Å². The summed E-state index contributed by atoms with van der Waals surface area (Å²) in [5, 5.41) is -0.287. The Morgan fingerprint density at radius 2 is 2.11 bits per heavy atom. The van der Waals surface area contributed by atoms with Crippen molar-refractivity contribution in [3.63, 3.8) is 0 Å². The third-order valence-corrected chi connectivity index (χ3v) is 4.06. The van der Waals surface area contributed by atoms with Gasteiger partial charge in [-0.1, -0.05) is 15.9 Å². The Morgan fingerprint density at radius 1 is 1.50 bits per heavy atom. The lowest BCUT2D eigenvalue weighted by Gasteiger charge is -2.21. The summed E-state index contributed by atoms with van der Waals surface area (Å²) in [6, 6.07) is 0. The van der Waals surface area contributed by atoms with E-state index < -0.39 is 27.8 Å². The number of hydrogen-bond acceptors (Lipinski definition) is 3. The number of sulfonamides is 1. The van der Waals surface area contributed by atoms with Gasteiger partial charge in [-0.2, -0.15) is 17.5 Å². The summed E-state index contributed by atoms with van der Waals surface area (Å²) >= 11 is 2.93. The van der Waals surface area contributed by atoms with Crippen molar-refractivity contribution in [3.8, 4) is 0 Å². The molecule has 0 spiro atoms. The smallest absolute Gasteiger partial charge is 0.339 e. The van der Waals surface area contributed by atoms with Crippen LogP contribution < -0.4 is 0 Å². The van der Waals surface area contributed by atoms with E-state index in [1.54, 1.807) is 0 Å². The van der Waals surface area contributed by atoms with Gasteiger partial charge in [0.15, 0.2) is 5.03 Å². The Hall–Kier alpha value is -0.610. The fourth-order valence-electron chi connectivity index (χ4n) is 1.23. The quantitative estimate of drug-likeness (QED) is 0.754. The average Bonchev–Trinajstić information content (AvgIpc) is 2.63. The van der Waals surface area contributed by atoms with E-state index in [2.05, 4.69) is 20.9 Å². The summed E-state index contributed by atoms with van der Waals surface area (Å²) < 4.78 is 62.6. The Bertz CT molecular complexity index is 500. The molecule has 0 atom stereocenters. The van der Waals surface area contributed by atoms with Gasteiger partial charge in [0.25, 0.3) is 10.0 Å². The van der Waals surface area contributed by atoms with E-state index in [4.69, 9.17) is 0 Å². The first kappa shape index (κ1) is 15.4. The third-order valence-electron chi connectivity index (χ3n) is 1.97. The number of rotatable bonds is 5. The molecular weight excluding hydrogens is 339 g/mol. The SMILES string of the molecule is Cn1cnc(S(=O)(=O)N(CCBr)CC(F)(F)F)c1. The molecule has 0 unspecified atom stereocenters. The topological polar surface area (TPSA) is 55.2 Å². The van der Waals surface area contributed by atoms with Crippen LogP contribution in [0.5, 0.6) is 0 Å². The van der Waals surface area contributed by atoms with Crippen molar-refractivity contribution >= 4 is 26.0 Å². The minimum atomic E-state index is -4.59. The maximum absolute atomic E-state index is 12.3. The van der Waals surface area contributed by atoms with Crippen LogP contribution in [0, 0.1) is 0 Å². The molecule has 10 heteroatoms. The fourth-order valence-corrected chi connectivity index (χ4v) is 3.29. The molecule has 0 saturated heterocycles. The summed E-state index contributed by atoms with van der Waals surface area (Å²) in [7, 11) is -2.69. The van der Waals surface area contributed by atoms with Gasteiger partial charge in [-0.25, -0.2) is 13.4 Å². The highest BCUT2D eigenvalue weighted by atomic mass is 79.9. The Kier molecular flexibility index (Phi) is 4.78. The van der Waals surface area contributed by atoms with Crippen LogP contribution in [0.25, 0.3) is 0 Å². The molecule has 0 fully saturated rings. The summed E-state index contributed by atoms with van der Waals surface area (Å²) in [4.78, 5) is 3.57. The predicted octanol–water partition coefficient (Wildman–Crippen LogP) is 1.37. The maximum atomic E-state index is 12.3. The Balaban J connectivity index is 3.04. The largest absolute Gasteiger partial charge is 0.402 e. The number of hydrogen-bond donors (Lipinski definition) is 0. The first-order valence-electron chi connectivity index (χ1n) is 4.77. The van der Waals surface area contributed by atoms with Crippen molar-refractivity contribution in [1.29, 1.82) is 0 Å². The molecule has 0 aliphatic rings. The molecule has 0 N–H and O–H groups in total. The molecule has 0 aromatic carbocycles. The second-order valence-electron chi connectivity index (χ2n) is 3.52. The number of imidazole rings is 1. The van der Waals surface area contributed by atoms with Crippen molar-refractivity contribution in [2.24, 2.45) is 7.05 Å². The van der Waals surface area contributed by atoms with Crippen LogP contribution in [0.1, 0.15) is 0 Å². The second-order valence-corrected chi connectivity index (χ2v) is 6.20. The molecule has 1 aromatic rings. The molecular formula is C8H11BrF3N3O2S. The van der Waals surface area contributed by atoms with Crippen LogP contribution in [0.15, 0.2) is 17.6 Å². The lowest BCUT2D eigenvalue weighted by molar-refractivity contribution is -0.135. The van der Waals surface area contributed by atoms with E-state index in [-0.39, 0.29) is 11.9 Å². The van der Waals surface area contributed by atoms with Gasteiger partial charge in [-0.05, 0) is 0 Å². The van der Waals surface area contributed by atoms with E-state index in [1.165, 1.54) is 17.9 Å². The van der Waals surface area contributed by atoms with Gasteiger partial charge in [0.2, 0.25) is 0 Å². The number of alkyl halides is 4. The van der Waals surface area contributed by atoms with Crippen LogP contribution in [0.2, 0.25) is 0 Å². The minimum absolute atomic E-state index is 0.106. The summed E-state index contributed by atoms with van der Waals surface area (Å²) in [5.41, 5.74) is 0. The molecule has 0 radical (unpaired) electrons. The van der Waals surface area contributed by atoms with Crippen molar-refractivity contribution < 1.29 is 21.6 Å². The number of aryl methyl sites for hydroxylation is 1. The minimum Gasteiger partial charge on any atom is -0.339 e. The highest BCUT2D eigenvalue weighted by Crippen LogP contribution is 2.21. The number of halogens is 4. The zero-order chi connectivity index (χ0) is 14.0. The number of aromatic nitrogens is 2. The van der Waals surface area contributed by atoms with E-state index in [1.807, 2.05) is 0 Å². The normalized spacial score (nSPS) is 13.2. The standard InChI is InChI=1S/C8H11BrF3N3O2S/c1-14-4-7(13-6-14)18(16,17)15(3-2-9)5-8(10,11)12/h4,6H,2-3,5H2,1H3. The Labute approximate surface area is 111 Å². The van der Waals surface area contributed by atoms with Crippen LogP contribution in [0.4, 0.5) is 13.2 Å². The summed E-state index contributed by atoms with van der Waals surface area (Å²) in [6.07, 6.45) is -2.22. The molecule has 1 heterocycles. The van der Waals surface area contributed by atoms with Crippen LogP contribution >= 0.6 is 15.9 Å². The highest BCUT2D eigenvalue weighted by Gasteiger charge is 2.37. The monoisotopic (exact) mass is 349 g/mol. The van der Waals surface area contributed by atoms with E-state index >= 15 is 0 Å². The fraction of sp³-hybridized carbons (Fsp3) is 0.625. The second kappa shape index (κ2) is 5.57. The van der Waals surface area contributed by atoms with Crippen molar-refractivity contribution in [2.45, 2.75) is 11.2 Å². The molecule has 0 saturated carbocycles. The van der Waals surface area contributed by atoms with Gasteiger partial charge in [-0.15, -0.1) is 0 Å². The molecule has 1 rings (SSSR count). The molecule has 0 aliphatic heterocycles. The van der Waals surface area contributed by atoms with Crippen molar-refractivity contribution in [3.05, 3.63) is 12.5 Å². The summed E-state index contributed by atoms with van der Waals surface area (Å²) in [6.45, 7) is -1.81. The van der Waals surface area contributed by atoms with E-state index in [0.29, 0.717) is 4.31 Å². The predicted molar refractivity (Wildman–Crippen MR) is 61.8 cm³/mol. The first-order chi connectivity index (χ1) is 8.16. The highest BCUT2D eigenvalue weighted by molar-refractivity contribution is 9.09. The van der Waals surface area contributed by atoms with Gasteiger partial charge < -0.3 is 4.57 Å². The lowest BCUT2D eigenvalue weighted by atomic mass is 10.6. The molecule has 0 bridgehead atoms. The Morgan fingerprint density at radius 3 is 2.50 bits per heavy atom. The first-order valence-corrected chi connectivity index (χ1v) is 7.34. The third kappa shape index (κ3) is 3.95. The molecule has 1 aromatic heterocycles. The van der Waals surface area contributed by atoms with Gasteiger partial charge in [0.05, 0.1) is 6.33 Å².